The third-order valence-electron chi connectivity index (χ3n) is 3.73. The van der Waals surface area contributed by atoms with Gasteiger partial charge >= 0.3 is 12.1 Å². The van der Waals surface area contributed by atoms with Gasteiger partial charge in [0.15, 0.2) is 0 Å². The SMILES string of the molecule is C[C@@H]1CN(C(=O)c2ccc(Cl)cc2C(F)(F)F)C[C@H]1C(=O)O. The highest BCUT2D eigenvalue weighted by molar-refractivity contribution is 6.30. The second-order valence-electron chi connectivity index (χ2n) is 5.32. The van der Waals surface area contributed by atoms with Crippen molar-refractivity contribution in [1.82, 2.24) is 4.90 Å². The van der Waals surface area contributed by atoms with E-state index in [2.05, 4.69) is 0 Å². The zero-order chi connectivity index (χ0) is 16.7. The fourth-order valence-corrected chi connectivity index (χ4v) is 2.73. The summed E-state index contributed by atoms with van der Waals surface area (Å²) < 4.78 is 39.1. The van der Waals surface area contributed by atoms with Gasteiger partial charge in [0.25, 0.3) is 5.91 Å². The van der Waals surface area contributed by atoms with Crippen LogP contribution in [0.5, 0.6) is 0 Å². The molecule has 1 aliphatic rings. The second kappa shape index (κ2) is 5.79. The first-order valence-electron chi connectivity index (χ1n) is 6.50. The number of hydrogen-bond acceptors (Lipinski definition) is 2. The molecule has 0 bridgehead atoms. The summed E-state index contributed by atoms with van der Waals surface area (Å²) in [7, 11) is 0. The molecule has 1 heterocycles. The lowest BCUT2D eigenvalue weighted by Crippen LogP contribution is -2.31. The third kappa shape index (κ3) is 3.19. The van der Waals surface area contributed by atoms with Crippen molar-refractivity contribution < 1.29 is 27.9 Å². The summed E-state index contributed by atoms with van der Waals surface area (Å²) in [5, 5.41) is 8.92. The average molecular weight is 336 g/mol. The molecule has 0 aliphatic carbocycles. The van der Waals surface area contributed by atoms with Crippen molar-refractivity contribution in [3.8, 4) is 0 Å². The van der Waals surface area contributed by atoms with Crippen molar-refractivity contribution in [1.29, 1.82) is 0 Å². The molecular formula is C14H13ClF3NO3. The molecule has 1 fully saturated rings. The van der Waals surface area contributed by atoms with Crippen molar-refractivity contribution in [3.63, 3.8) is 0 Å². The van der Waals surface area contributed by atoms with Crippen LogP contribution in [0.3, 0.4) is 0 Å². The van der Waals surface area contributed by atoms with Crippen molar-refractivity contribution in [2.24, 2.45) is 11.8 Å². The Bertz CT molecular complexity index is 618. The third-order valence-corrected chi connectivity index (χ3v) is 3.97. The first kappa shape index (κ1) is 16.6. The Morgan fingerprint density at radius 2 is 1.95 bits per heavy atom. The lowest BCUT2D eigenvalue weighted by Gasteiger charge is -2.19. The van der Waals surface area contributed by atoms with Gasteiger partial charge in [-0.3, -0.25) is 9.59 Å². The van der Waals surface area contributed by atoms with Crippen LogP contribution in [0.4, 0.5) is 13.2 Å². The molecule has 2 rings (SSSR count). The highest BCUT2D eigenvalue weighted by Gasteiger charge is 2.40. The summed E-state index contributed by atoms with van der Waals surface area (Å²) in [6.45, 7) is 1.66. The van der Waals surface area contributed by atoms with Gasteiger partial charge in [0.2, 0.25) is 0 Å². The van der Waals surface area contributed by atoms with Gasteiger partial charge in [-0.1, -0.05) is 18.5 Å². The van der Waals surface area contributed by atoms with Crippen LogP contribution in [0.15, 0.2) is 18.2 Å². The Hall–Kier alpha value is -1.76. The van der Waals surface area contributed by atoms with Crippen LogP contribution in [0.1, 0.15) is 22.8 Å². The van der Waals surface area contributed by atoms with Gasteiger partial charge in [-0.05, 0) is 24.1 Å². The van der Waals surface area contributed by atoms with E-state index in [0.29, 0.717) is 6.07 Å². The largest absolute Gasteiger partial charge is 0.481 e. The number of carboxylic acid groups (broad SMARTS) is 1. The summed E-state index contributed by atoms with van der Waals surface area (Å²) in [6, 6.07) is 2.92. The van der Waals surface area contributed by atoms with Gasteiger partial charge < -0.3 is 10.0 Å². The minimum atomic E-state index is -4.71. The normalized spacial score (nSPS) is 22.0. The summed E-state index contributed by atoms with van der Waals surface area (Å²) >= 11 is 5.57. The van der Waals surface area contributed by atoms with Crippen molar-refractivity contribution in [2.45, 2.75) is 13.1 Å². The molecular weight excluding hydrogens is 323 g/mol. The van der Waals surface area contributed by atoms with Gasteiger partial charge in [0.05, 0.1) is 17.0 Å². The number of carboxylic acids is 1. The molecule has 1 saturated heterocycles. The van der Waals surface area contributed by atoms with Crippen LogP contribution in [0, 0.1) is 11.8 Å². The summed E-state index contributed by atoms with van der Waals surface area (Å²) in [6.07, 6.45) is -4.71. The molecule has 0 aromatic heterocycles. The number of benzene rings is 1. The number of carbonyl (C=O) groups excluding carboxylic acids is 1. The number of aliphatic carboxylic acids is 1. The molecule has 0 spiro atoms. The molecule has 1 N–H and O–H groups in total. The van der Waals surface area contributed by atoms with E-state index in [1.54, 1.807) is 6.92 Å². The van der Waals surface area contributed by atoms with E-state index in [9.17, 15) is 22.8 Å². The number of likely N-dealkylation sites (tertiary alicyclic amines) is 1. The molecule has 1 amide bonds. The van der Waals surface area contributed by atoms with Crippen LogP contribution in [-0.2, 0) is 11.0 Å². The predicted molar refractivity (Wildman–Crippen MR) is 72.6 cm³/mol. The fourth-order valence-electron chi connectivity index (χ4n) is 2.56. The van der Waals surface area contributed by atoms with E-state index in [1.165, 1.54) is 6.07 Å². The maximum atomic E-state index is 13.0. The monoisotopic (exact) mass is 335 g/mol. The fraction of sp³-hybridized carbons (Fsp3) is 0.429. The molecule has 1 aromatic carbocycles. The molecule has 4 nitrogen and oxygen atoms in total. The Morgan fingerprint density at radius 3 is 2.45 bits per heavy atom. The number of halogens is 4. The van der Waals surface area contributed by atoms with E-state index >= 15 is 0 Å². The number of hydrogen-bond donors (Lipinski definition) is 1. The summed E-state index contributed by atoms with van der Waals surface area (Å²) in [5.74, 6) is -2.98. The molecule has 8 heteroatoms. The first-order valence-corrected chi connectivity index (χ1v) is 6.88. The standard InChI is InChI=1S/C14H13ClF3NO3/c1-7-5-19(6-10(7)13(21)22)12(20)9-3-2-8(15)4-11(9)14(16,17)18/h2-4,7,10H,5-6H2,1H3,(H,21,22)/t7-,10-/m1/s1. The maximum Gasteiger partial charge on any atom is 0.417 e. The van der Waals surface area contributed by atoms with Crippen LogP contribution in [-0.4, -0.2) is 35.0 Å². The highest BCUT2D eigenvalue weighted by atomic mass is 35.5. The van der Waals surface area contributed by atoms with Crippen molar-refractivity contribution >= 4 is 23.5 Å². The van der Waals surface area contributed by atoms with Gasteiger partial charge in [-0.25, -0.2) is 0 Å². The maximum absolute atomic E-state index is 13.0. The van der Waals surface area contributed by atoms with Crippen LogP contribution in [0.25, 0.3) is 0 Å². The zero-order valence-corrected chi connectivity index (χ0v) is 12.3. The Labute approximate surface area is 129 Å². The molecule has 1 aliphatic heterocycles. The van der Waals surface area contributed by atoms with E-state index < -0.39 is 35.1 Å². The van der Waals surface area contributed by atoms with Crippen LogP contribution >= 0.6 is 11.6 Å². The molecule has 22 heavy (non-hydrogen) atoms. The number of amides is 1. The smallest absolute Gasteiger partial charge is 0.417 e. The van der Waals surface area contributed by atoms with Crippen molar-refractivity contribution in [3.05, 3.63) is 34.3 Å². The topological polar surface area (TPSA) is 57.6 Å². The molecule has 0 saturated carbocycles. The number of alkyl halides is 3. The quantitative estimate of drug-likeness (QED) is 0.903. The molecule has 2 atom stereocenters. The average Bonchev–Trinajstić information content (AvgIpc) is 2.79. The van der Waals surface area contributed by atoms with E-state index in [1.807, 2.05) is 0 Å². The van der Waals surface area contributed by atoms with E-state index in [0.717, 1.165) is 11.0 Å². The van der Waals surface area contributed by atoms with Gasteiger partial charge in [-0.2, -0.15) is 13.2 Å². The first-order chi connectivity index (χ1) is 10.1. The van der Waals surface area contributed by atoms with Gasteiger partial charge in [0.1, 0.15) is 0 Å². The van der Waals surface area contributed by atoms with Gasteiger partial charge in [-0.15, -0.1) is 0 Å². The lowest BCUT2D eigenvalue weighted by atomic mass is 9.99. The van der Waals surface area contributed by atoms with Crippen LogP contribution in [0.2, 0.25) is 5.02 Å². The number of nitrogens with zero attached hydrogens (tertiary/aromatic N) is 1. The minimum Gasteiger partial charge on any atom is -0.481 e. The van der Waals surface area contributed by atoms with E-state index in [-0.39, 0.29) is 24.0 Å². The lowest BCUT2D eigenvalue weighted by molar-refractivity contribution is -0.142. The van der Waals surface area contributed by atoms with Crippen molar-refractivity contribution in [2.75, 3.05) is 13.1 Å². The predicted octanol–water partition coefficient (Wildman–Crippen LogP) is 3.15. The van der Waals surface area contributed by atoms with Crippen LogP contribution < -0.4 is 0 Å². The Balaban J connectivity index is 2.33. The minimum absolute atomic E-state index is 0.102. The van der Waals surface area contributed by atoms with Gasteiger partial charge in [0, 0.05) is 18.1 Å². The van der Waals surface area contributed by atoms with E-state index in [4.69, 9.17) is 16.7 Å². The Kier molecular flexibility index (Phi) is 4.37. The molecule has 0 unspecified atom stereocenters. The highest BCUT2D eigenvalue weighted by Crippen LogP contribution is 2.35. The molecule has 0 radical (unpaired) electrons. The Morgan fingerprint density at radius 1 is 1.32 bits per heavy atom. The zero-order valence-electron chi connectivity index (χ0n) is 11.5. The number of rotatable bonds is 2. The molecule has 1 aromatic rings. The molecule has 120 valence electrons. The summed E-state index contributed by atoms with van der Waals surface area (Å²) in [5.41, 5.74) is -1.63. The second-order valence-corrected chi connectivity index (χ2v) is 5.76. The number of carbonyl (C=O) groups is 2. The summed E-state index contributed by atoms with van der Waals surface area (Å²) in [4.78, 5) is 24.5.